The van der Waals surface area contributed by atoms with Crippen molar-refractivity contribution in [3.8, 4) is 0 Å². The van der Waals surface area contributed by atoms with E-state index in [1.807, 2.05) is 38.1 Å². The lowest BCUT2D eigenvalue weighted by atomic mass is 10.1. The van der Waals surface area contributed by atoms with Crippen LogP contribution in [0.1, 0.15) is 38.2 Å². The van der Waals surface area contributed by atoms with Crippen molar-refractivity contribution in [1.82, 2.24) is 5.32 Å². The monoisotopic (exact) mass is 290 g/mol. The van der Waals surface area contributed by atoms with Crippen LogP contribution in [0.2, 0.25) is 0 Å². The maximum Gasteiger partial charge on any atom is 0.225 e. The zero-order valence-corrected chi connectivity index (χ0v) is 12.9. The summed E-state index contributed by atoms with van der Waals surface area (Å²) in [6, 6.07) is 7.90. The van der Waals surface area contributed by atoms with Crippen molar-refractivity contribution in [1.29, 1.82) is 0 Å². The van der Waals surface area contributed by atoms with Gasteiger partial charge >= 0.3 is 0 Å². The van der Waals surface area contributed by atoms with Crippen molar-refractivity contribution in [2.45, 2.75) is 51.7 Å². The fourth-order valence-electron chi connectivity index (χ4n) is 2.87. The first-order valence-corrected chi connectivity index (χ1v) is 7.83. The van der Waals surface area contributed by atoms with Crippen molar-refractivity contribution >= 4 is 11.6 Å². The van der Waals surface area contributed by atoms with Gasteiger partial charge in [-0.2, -0.15) is 0 Å². The molecule has 0 bridgehead atoms. The van der Waals surface area contributed by atoms with E-state index in [4.69, 9.17) is 0 Å². The van der Waals surface area contributed by atoms with Crippen LogP contribution in [-0.2, 0) is 4.79 Å². The number of anilines is 1. The van der Waals surface area contributed by atoms with Crippen LogP contribution in [0.4, 0.5) is 5.69 Å². The lowest BCUT2D eigenvalue weighted by Gasteiger charge is -2.19. The summed E-state index contributed by atoms with van der Waals surface area (Å²) in [6.45, 7) is 4.79. The SMILES string of the molecule is Cc1ccccc1NC(=O)CC(C)NCC1CCCC1O. The lowest BCUT2D eigenvalue weighted by molar-refractivity contribution is -0.116. The van der Waals surface area contributed by atoms with E-state index in [1.165, 1.54) is 0 Å². The maximum atomic E-state index is 12.0. The summed E-state index contributed by atoms with van der Waals surface area (Å²) in [4.78, 5) is 12.0. The minimum absolute atomic E-state index is 0.0243. The molecule has 0 aromatic heterocycles. The van der Waals surface area contributed by atoms with E-state index in [0.29, 0.717) is 12.3 Å². The second-order valence-electron chi connectivity index (χ2n) is 6.13. The average molecular weight is 290 g/mol. The van der Waals surface area contributed by atoms with Gasteiger partial charge in [0, 0.05) is 24.7 Å². The topological polar surface area (TPSA) is 61.4 Å². The molecule has 1 aromatic rings. The molecule has 0 aliphatic heterocycles. The van der Waals surface area contributed by atoms with Gasteiger partial charge in [0.05, 0.1) is 6.10 Å². The Hall–Kier alpha value is -1.39. The Kier molecular flexibility index (Phi) is 5.76. The van der Waals surface area contributed by atoms with Crippen LogP contribution in [0.3, 0.4) is 0 Å². The molecular weight excluding hydrogens is 264 g/mol. The van der Waals surface area contributed by atoms with Crippen LogP contribution in [-0.4, -0.2) is 29.7 Å². The van der Waals surface area contributed by atoms with Gasteiger partial charge in [0.1, 0.15) is 0 Å². The number of rotatable bonds is 6. The standard InChI is InChI=1S/C17H26N2O2/c1-12-6-3-4-8-15(12)19-17(21)10-13(2)18-11-14-7-5-9-16(14)20/h3-4,6,8,13-14,16,18,20H,5,7,9-11H2,1-2H3,(H,19,21). The average Bonchev–Trinajstić information content (AvgIpc) is 2.84. The third-order valence-corrected chi connectivity index (χ3v) is 4.26. The molecule has 3 atom stereocenters. The van der Waals surface area contributed by atoms with E-state index >= 15 is 0 Å². The molecular formula is C17H26N2O2. The highest BCUT2D eigenvalue weighted by Gasteiger charge is 2.25. The molecule has 21 heavy (non-hydrogen) atoms. The zero-order chi connectivity index (χ0) is 15.2. The highest BCUT2D eigenvalue weighted by atomic mass is 16.3. The molecule has 0 radical (unpaired) electrons. The van der Waals surface area contributed by atoms with E-state index < -0.39 is 0 Å². The van der Waals surface area contributed by atoms with Crippen LogP contribution in [0.15, 0.2) is 24.3 Å². The summed E-state index contributed by atoms with van der Waals surface area (Å²) in [7, 11) is 0. The first-order chi connectivity index (χ1) is 10.1. The molecule has 1 aliphatic carbocycles. The molecule has 0 spiro atoms. The Bertz CT molecular complexity index is 476. The number of hydrogen-bond acceptors (Lipinski definition) is 3. The molecule has 1 saturated carbocycles. The summed E-state index contributed by atoms with van der Waals surface area (Å²) < 4.78 is 0. The maximum absolute atomic E-state index is 12.0. The number of carbonyl (C=O) groups excluding carboxylic acids is 1. The number of carbonyl (C=O) groups is 1. The Morgan fingerprint density at radius 2 is 2.14 bits per heavy atom. The van der Waals surface area contributed by atoms with Gasteiger partial charge in [-0.3, -0.25) is 4.79 Å². The van der Waals surface area contributed by atoms with Gasteiger partial charge in [0.25, 0.3) is 0 Å². The number of para-hydroxylation sites is 1. The minimum Gasteiger partial charge on any atom is -0.393 e. The Balaban J connectivity index is 1.73. The quantitative estimate of drug-likeness (QED) is 0.754. The van der Waals surface area contributed by atoms with Gasteiger partial charge in [-0.15, -0.1) is 0 Å². The number of amides is 1. The fourth-order valence-corrected chi connectivity index (χ4v) is 2.87. The Morgan fingerprint density at radius 3 is 2.81 bits per heavy atom. The van der Waals surface area contributed by atoms with Crippen molar-refractivity contribution < 1.29 is 9.90 Å². The molecule has 4 heteroatoms. The molecule has 3 unspecified atom stereocenters. The Morgan fingerprint density at radius 1 is 1.38 bits per heavy atom. The van der Waals surface area contributed by atoms with Gasteiger partial charge in [0.15, 0.2) is 0 Å². The molecule has 0 heterocycles. The van der Waals surface area contributed by atoms with Crippen LogP contribution in [0, 0.1) is 12.8 Å². The predicted octanol–water partition coefficient (Wildman–Crippen LogP) is 2.46. The summed E-state index contributed by atoms with van der Waals surface area (Å²) in [5.41, 5.74) is 1.95. The number of benzene rings is 1. The number of hydrogen-bond donors (Lipinski definition) is 3. The molecule has 116 valence electrons. The minimum atomic E-state index is -0.175. The van der Waals surface area contributed by atoms with E-state index in [1.54, 1.807) is 0 Å². The van der Waals surface area contributed by atoms with Crippen LogP contribution >= 0.6 is 0 Å². The van der Waals surface area contributed by atoms with Crippen molar-refractivity contribution in [3.63, 3.8) is 0 Å². The normalized spacial score (nSPS) is 23.0. The van der Waals surface area contributed by atoms with Gasteiger partial charge in [0.2, 0.25) is 5.91 Å². The van der Waals surface area contributed by atoms with E-state index in [2.05, 4.69) is 10.6 Å². The summed E-state index contributed by atoms with van der Waals surface area (Å²) in [5, 5.41) is 16.1. The second-order valence-corrected chi connectivity index (χ2v) is 6.13. The summed E-state index contributed by atoms with van der Waals surface area (Å²) in [6.07, 6.45) is 3.36. The van der Waals surface area contributed by atoms with Crippen molar-refractivity contribution in [2.75, 3.05) is 11.9 Å². The third-order valence-electron chi connectivity index (χ3n) is 4.26. The van der Waals surface area contributed by atoms with Crippen LogP contribution in [0.5, 0.6) is 0 Å². The zero-order valence-electron chi connectivity index (χ0n) is 12.9. The van der Waals surface area contributed by atoms with Crippen LogP contribution < -0.4 is 10.6 Å². The second kappa shape index (κ2) is 7.57. The van der Waals surface area contributed by atoms with E-state index in [-0.39, 0.29) is 18.1 Å². The molecule has 2 rings (SSSR count). The van der Waals surface area contributed by atoms with Crippen molar-refractivity contribution in [2.24, 2.45) is 5.92 Å². The molecule has 4 nitrogen and oxygen atoms in total. The lowest BCUT2D eigenvalue weighted by Crippen LogP contribution is -2.36. The Labute approximate surface area is 126 Å². The summed E-state index contributed by atoms with van der Waals surface area (Å²) in [5.74, 6) is 0.364. The predicted molar refractivity (Wildman–Crippen MR) is 85.2 cm³/mol. The van der Waals surface area contributed by atoms with E-state index in [0.717, 1.165) is 37.1 Å². The van der Waals surface area contributed by atoms with Gasteiger partial charge in [-0.05, 0) is 44.2 Å². The van der Waals surface area contributed by atoms with Gasteiger partial charge in [-0.1, -0.05) is 24.6 Å². The van der Waals surface area contributed by atoms with Crippen molar-refractivity contribution in [3.05, 3.63) is 29.8 Å². The van der Waals surface area contributed by atoms with Gasteiger partial charge < -0.3 is 15.7 Å². The fraction of sp³-hybridized carbons (Fsp3) is 0.588. The molecule has 1 amide bonds. The molecule has 3 N–H and O–H groups in total. The molecule has 1 aliphatic rings. The highest BCUT2D eigenvalue weighted by Crippen LogP contribution is 2.24. The first kappa shape index (κ1) is 16.0. The third kappa shape index (κ3) is 4.83. The van der Waals surface area contributed by atoms with Crippen LogP contribution in [0.25, 0.3) is 0 Å². The van der Waals surface area contributed by atoms with E-state index in [9.17, 15) is 9.90 Å². The first-order valence-electron chi connectivity index (χ1n) is 7.83. The number of aliphatic hydroxyl groups excluding tert-OH is 1. The number of aryl methyl sites for hydroxylation is 1. The number of nitrogens with one attached hydrogen (secondary N) is 2. The largest absolute Gasteiger partial charge is 0.393 e. The molecule has 1 aromatic carbocycles. The highest BCUT2D eigenvalue weighted by molar-refractivity contribution is 5.91. The van der Waals surface area contributed by atoms with Gasteiger partial charge in [-0.25, -0.2) is 0 Å². The summed E-state index contributed by atoms with van der Waals surface area (Å²) >= 11 is 0. The molecule has 0 saturated heterocycles. The smallest absolute Gasteiger partial charge is 0.225 e. The number of aliphatic hydroxyl groups is 1. The molecule has 1 fully saturated rings.